The molecule has 5 rings (SSSR count). The van der Waals surface area contributed by atoms with Gasteiger partial charge in [-0.15, -0.1) is 0 Å². The molecule has 0 unspecified atom stereocenters. The fourth-order valence-electron chi connectivity index (χ4n) is 3.80. The molecule has 0 aliphatic rings. The van der Waals surface area contributed by atoms with Crippen molar-refractivity contribution >= 4 is 22.8 Å². The van der Waals surface area contributed by atoms with Crippen molar-refractivity contribution in [2.45, 2.75) is 19.3 Å². The molecule has 1 amide bonds. The number of aromatic nitrogens is 6. The molecule has 8 nitrogen and oxygen atoms in total. The molecule has 0 aliphatic carbocycles. The second kappa shape index (κ2) is 9.18. The lowest BCUT2D eigenvalue weighted by Crippen LogP contribution is -2.19. The third kappa shape index (κ3) is 5.02. The molecule has 15 heteroatoms. The number of carbonyl (C=O) groups excluding carboxylic acids is 1. The lowest BCUT2D eigenvalue weighted by molar-refractivity contribution is -0.143. The summed E-state index contributed by atoms with van der Waals surface area (Å²) in [5, 5.41) is 11.1. The molecule has 39 heavy (non-hydrogen) atoms. The highest BCUT2D eigenvalue weighted by atomic mass is 19.4. The van der Waals surface area contributed by atoms with Crippen LogP contribution in [0.3, 0.4) is 0 Å². The van der Waals surface area contributed by atoms with Gasteiger partial charge in [0.2, 0.25) is 0 Å². The first-order valence-electron chi connectivity index (χ1n) is 10.9. The molecule has 0 fully saturated rings. The van der Waals surface area contributed by atoms with Crippen LogP contribution in [0.25, 0.3) is 22.5 Å². The van der Waals surface area contributed by atoms with Gasteiger partial charge in [-0.25, -0.2) is 19.0 Å². The minimum absolute atomic E-state index is 0.0679. The number of nitrogens with one attached hydrogen (secondary N) is 1. The monoisotopic (exact) mass is 549 g/mol. The summed E-state index contributed by atoms with van der Waals surface area (Å²) in [6.07, 6.45) is -7.68. The number of alkyl halides is 6. The number of benzene rings is 2. The van der Waals surface area contributed by atoms with Crippen molar-refractivity contribution in [3.8, 4) is 11.5 Å². The highest BCUT2D eigenvalue weighted by molar-refractivity contribution is 6.04. The van der Waals surface area contributed by atoms with E-state index in [1.807, 2.05) is 0 Å². The number of carbonyl (C=O) groups is 1. The summed E-state index contributed by atoms with van der Waals surface area (Å²) in [4.78, 5) is 21.2. The van der Waals surface area contributed by atoms with E-state index in [0.29, 0.717) is 28.9 Å². The number of fused-ring (bicyclic) bond motifs is 1. The summed E-state index contributed by atoms with van der Waals surface area (Å²) in [6, 6.07) is 7.34. The minimum Gasteiger partial charge on any atom is -0.306 e. The van der Waals surface area contributed by atoms with Gasteiger partial charge in [-0.3, -0.25) is 4.79 Å². The summed E-state index contributed by atoms with van der Waals surface area (Å²) in [6.45, 7) is 1.55. The fraction of sp³-hybridized carbons (Fsp3) is 0.125. The first kappa shape index (κ1) is 25.8. The molecule has 0 atom stereocenters. The number of hydrogen-bond acceptors (Lipinski definition) is 5. The number of halogens is 7. The van der Waals surface area contributed by atoms with Gasteiger partial charge in [0.05, 0.1) is 34.1 Å². The molecular weight excluding hydrogens is 535 g/mol. The standard InChI is InChI=1S/C24H14F7N7O/c1-12-6-19(35-22(39)13-7-14(23(26,27)28)9-15(8-13)24(29,30)31)38(36-12)21-18-10-34-37(20(18)32-11-33-21)17-4-2-16(25)3-5-17/h2-11H,1H3,(H,35,39). The van der Waals surface area contributed by atoms with Gasteiger partial charge in [-0.1, -0.05) is 0 Å². The Morgan fingerprint density at radius 2 is 1.51 bits per heavy atom. The second-order valence-corrected chi connectivity index (χ2v) is 8.30. The third-order valence-corrected chi connectivity index (χ3v) is 5.54. The van der Waals surface area contributed by atoms with E-state index in [1.54, 1.807) is 6.92 Å². The molecule has 0 saturated carbocycles. The molecule has 5 aromatic rings. The van der Waals surface area contributed by atoms with Gasteiger partial charge in [0, 0.05) is 11.6 Å². The average Bonchev–Trinajstić information content (AvgIpc) is 3.46. The van der Waals surface area contributed by atoms with Crippen LogP contribution in [-0.2, 0) is 12.4 Å². The highest BCUT2D eigenvalue weighted by Crippen LogP contribution is 2.36. The fourth-order valence-corrected chi connectivity index (χ4v) is 3.80. The van der Waals surface area contributed by atoms with Gasteiger partial charge < -0.3 is 5.32 Å². The number of aryl methyl sites for hydroxylation is 1. The Hall–Kier alpha value is -4.82. The normalized spacial score (nSPS) is 12.2. The van der Waals surface area contributed by atoms with Gasteiger partial charge in [-0.05, 0) is 49.4 Å². The van der Waals surface area contributed by atoms with E-state index in [-0.39, 0.29) is 23.3 Å². The topological polar surface area (TPSA) is 90.5 Å². The summed E-state index contributed by atoms with van der Waals surface area (Å²) in [5.41, 5.74) is -3.01. The van der Waals surface area contributed by atoms with Gasteiger partial charge in [0.15, 0.2) is 11.5 Å². The summed E-state index contributed by atoms with van der Waals surface area (Å²) in [5.74, 6) is -1.67. The zero-order valence-electron chi connectivity index (χ0n) is 19.5. The molecule has 0 aliphatic heterocycles. The van der Waals surface area contributed by atoms with Crippen molar-refractivity contribution in [1.82, 2.24) is 29.5 Å². The number of rotatable bonds is 4. The van der Waals surface area contributed by atoms with Crippen molar-refractivity contribution in [2.24, 2.45) is 0 Å². The predicted octanol–water partition coefficient (Wildman–Crippen LogP) is 5.74. The molecule has 0 radical (unpaired) electrons. The van der Waals surface area contributed by atoms with E-state index in [0.717, 1.165) is 4.68 Å². The maximum Gasteiger partial charge on any atom is 0.416 e. The molecule has 3 heterocycles. The van der Waals surface area contributed by atoms with Crippen LogP contribution in [-0.4, -0.2) is 35.4 Å². The molecule has 1 N–H and O–H groups in total. The zero-order valence-corrected chi connectivity index (χ0v) is 19.5. The molecular formula is C24H14F7N7O. The minimum atomic E-state index is -5.12. The van der Waals surface area contributed by atoms with E-state index in [1.165, 1.54) is 47.5 Å². The van der Waals surface area contributed by atoms with Crippen molar-refractivity contribution in [1.29, 1.82) is 0 Å². The van der Waals surface area contributed by atoms with Crippen molar-refractivity contribution in [2.75, 3.05) is 5.32 Å². The van der Waals surface area contributed by atoms with E-state index in [9.17, 15) is 35.5 Å². The average molecular weight is 549 g/mol. The molecule has 0 spiro atoms. The zero-order chi connectivity index (χ0) is 28.1. The van der Waals surface area contributed by atoms with Gasteiger partial charge in [-0.2, -0.15) is 41.2 Å². The van der Waals surface area contributed by atoms with Gasteiger partial charge in [0.1, 0.15) is 18.0 Å². The lowest BCUT2D eigenvalue weighted by Gasteiger charge is -2.14. The van der Waals surface area contributed by atoms with E-state index in [2.05, 4.69) is 25.5 Å². The molecule has 3 aromatic heterocycles. The van der Waals surface area contributed by atoms with Crippen LogP contribution in [0.15, 0.2) is 61.1 Å². The summed E-state index contributed by atoms with van der Waals surface area (Å²) in [7, 11) is 0. The first-order valence-corrected chi connectivity index (χ1v) is 10.9. The number of amides is 1. The van der Waals surface area contributed by atoms with Crippen LogP contribution in [0.1, 0.15) is 27.2 Å². The van der Waals surface area contributed by atoms with Crippen LogP contribution in [0, 0.1) is 12.7 Å². The SMILES string of the molecule is Cc1cc(NC(=O)c2cc(C(F)(F)F)cc(C(F)(F)F)c2)n(-c2ncnc3c2cnn3-c2ccc(F)cc2)n1. The smallest absolute Gasteiger partial charge is 0.306 e. The maximum absolute atomic E-state index is 13.3. The van der Waals surface area contributed by atoms with Gasteiger partial charge >= 0.3 is 12.4 Å². The van der Waals surface area contributed by atoms with Gasteiger partial charge in [0.25, 0.3) is 5.91 Å². The Balaban J connectivity index is 1.55. The highest BCUT2D eigenvalue weighted by Gasteiger charge is 2.37. The third-order valence-electron chi connectivity index (χ3n) is 5.54. The number of nitrogens with zero attached hydrogens (tertiary/aromatic N) is 6. The van der Waals surface area contributed by atoms with Crippen molar-refractivity contribution < 1.29 is 35.5 Å². The van der Waals surface area contributed by atoms with Crippen LogP contribution >= 0.6 is 0 Å². The largest absolute Gasteiger partial charge is 0.416 e. The van der Waals surface area contributed by atoms with Crippen LogP contribution in [0.4, 0.5) is 36.6 Å². The Bertz CT molecular complexity index is 1670. The van der Waals surface area contributed by atoms with Crippen molar-refractivity contribution in [3.05, 3.63) is 89.3 Å². The second-order valence-electron chi connectivity index (χ2n) is 8.30. The van der Waals surface area contributed by atoms with Crippen LogP contribution in [0.5, 0.6) is 0 Å². The summed E-state index contributed by atoms with van der Waals surface area (Å²) < 4.78 is 95.4. The first-order chi connectivity index (χ1) is 18.3. The van der Waals surface area contributed by atoms with E-state index in [4.69, 9.17) is 0 Å². The maximum atomic E-state index is 13.3. The Labute approximate surface area is 213 Å². The Morgan fingerprint density at radius 3 is 2.13 bits per heavy atom. The number of anilines is 1. The lowest BCUT2D eigenvalue weighted by atomic mass is 10.0. The Kier molecular flexibility index (Phi) is 6.08. The number of hydrogen-bond donors (Lipinski definition) is 1. The molecule has 200 valence electrons. The van der Waals surface area contributed by atoms with Crippen LogP contribution < -0.4 is 5.32 Å². The van der Waals surface area contributed by atoms with E-state index >= 15 is 0 Å². The molecule has 0 saturated heterocycles. The quantitative estimate of drug-likeness (QED) is 0.289. The van der Waals surface area contributed by atoms with Crippen LogP contribution in [0.2, 0.25) is 0 Å². The molecule has 0 bridgehead atoms. The predicted molar refractivity (Wildman–Crippen MR) is 123 cm³/mol. The summed E-state index contributed by atoms with van der Waals surface area (Å²) >= 11 is 0. The van der Waals surface area contributed by atoms with Crippen molar-refractivity contribution in [3.63, 3.8) is 0 Å². The van der Waals surface area contributed by atoms with E-state index < -0.39 is 40.8 Å². The molecule has 2 aromatic carbocycles. The Morgan fingerprint density at radius 1 is 0.872 bits per heavy atom.